The third-order valence-corrected chi connectivity index (χ3v) is 3.89. The number of nitro groups is 1. The number of carbonyl (C=O) groups is 1. The number of carbonyl (C=O) groups excluding carboxylic acids is 1. The summed E-state index contributed by atoms with van der Waals surface area (Å²) < 4.78 is 0. The van der Waals surface area contributed by atoms with Gasteiger partial charge in [0.2, 0.25) is 0 Å². The van der Waals surface area contributed by atoms with Crippen molar-refractivity contribution in [2.24, 2.45) is 0 Å². The fourth-order valence-corrected chi connectivity index (χ4v) is 2.58. The highest BCUT2D eigenvalue weighted by molar-refractivity contribution is 6.31. The molecule has 0 bridgehead atoms. The second-order valence-electron chi connectivity index (χ2n) is 5.31. The summed E-state index contributed by atoms with van der Waals surface area (Å²) in [4.78, 5) is 22.7. The molecule has 0 aliphatic heterocycles. The average molecular weight is 353 g/mol. The van der Waals surface area contributed by atoms with Gasteiger partial charge in [-0.1, -0.05) is 29.8 Å². The Morgan fingerprint density at radius 2 is 1.64 bits per heavy atom. The molecular weight excluding hydrogens is 340 g/mol. The molecule has 0 spiro atoms. The molecule has 1 amide bonds. The number of non-ortho nitro benzene ring substituents is 1. The van der Waals surface area contributed by atoms with Gasteiger partial charge in [0.1, 0.15) is 0 Å². The third-order valence-electron chi connectivity index (χ3n) is 3.65. The van der Waals surface area contributed by atoms with Crippen molar-refractivity contribution in [3.63, 3.8) is 0 Å². The minimum atomic E-state index is -0.458. The Hall–Kier alpha value is -3.18. The lowest BCUT2D eigenvalue weighted by Gasteiger charge is -2.12. The van der Waals surface area contributed by atoms with E-state index in [1.54, 1.807) is 54.6 Å². The van der Waals surface area contributed by atoms with E-state index in [1.165, 1.54) is 12.1 Å². The van der Waals surface area contributed by atoms with Crippen LogP contribution in [0.2, 0.25) is 5.02 Å². The summed E-state index contributed by atoms with van der Waals surface area (Å²) in [7, 11) is 0. The van der Waals surface area contributed by atoms with Crippen LogP contribution in [0.15, 0.2) is 72.8 Å². The van der Waals surface area contributed by atoms with Crippen molar-refractivity contribution in [2.75, 3.05) is 5.32 Å². The normalized spacial score (nSPS) is 10.3. The summed E-state index contributed by atoms with van der Waals surface area (Å²) in [6.07, 6.45) is 0. The summed E-state index contributed by atoms with van der Waals surface area (Å²) in [6, 6.07) is 20.0. The molecule has 3 aromatic carbocycles. The number of nitrogens with zero attached hydrogens (tertiary/aromatic N) is 1. The molecule has 0 radical (unpaired) electrons. The minimum absolute atomic E-state index is 0.000601. The molecule has 124 valence electrons. The standard InChI is InChI=1S/C19H13ClN2O3/c20-15-8-11-18(21-19(23)14-4-2-1-3-5-14)17(12-15)13-6-9-16(10-7-13)22(24)25/h1-12H,(H,21,23). The predicted octanol–water partition coefficient (Wildman–Crippen LogP) is 5.17. The molecule has 0 aliphatic carbocycles. The SMILES string of the molecule is O=C(Nc1ccc(Cl)cc1-c1ccc([N+](=O)[O-])cc1)c1ccccc1. The summed E-state index contributed by atoms with van der Waals surface area (Å²) in [5.74, 6) is -0.244. The zero-order valence-electron chi connectivity index (χ0n) is 13.0. The zero-order valence-corrected chi connectivity index (χ0v) is 13.7. The topological polar surface area (TPSA) is 72.2 Å². The molecule has 0 aromatic heterocycles. The van der Waals surface area contributed by atoms with Gasteiger partial charge in [0, 0.05) is 34.0 Å². The highest BCUT2D eigenvalue weighted by Gasteiger charge is 2.12. The van der Waals surface area contributed by atoms with Gasteiger partial charge < -0.3 is 5.32 Å². The number of nitro benzene ring substituents is 1. The Balaban J connectivity index is 1.95. The van der Waals surface area contributed by atoms with Gasteiger partial charge >= 0.3 is 0 Å². The van der Waals surface area contributed by atoms with Crippen LogP contribution in [0.4, 0.5) is 11.4 Å². The highest BCUT2D eigenvalue weighted by atomic mass is 35.5. The van der Waals surface area contributed by atoms with Crippen LogP contribution in [-0.4, -0.2) is 10.8 Å². The second-order valence-corrected chi connectivity index (χ2v) is 5.75. The van der Waals surface area contributed by atoms with Gasteiger partial charge in [-0.25, -0.2) is 0 Å². The van der Waals surface area contributed by atoms with Crippen LogP contribution in [0.25, 0.3) is 11.1 Å². The van der Waals surface area contributed by atoms with Gasteiger partial charge in [-0.15, -0.1) is 0 Å². The van der Waals surface area contributed by atoms with Crippen molar-refractivity contribution in [1.82, 2.24) is 0 Å². The largest absolute Gasteiger partial charge is 0.321 e. The van der Waals surface area contributed by atoms with Crippen molar-refractivity contribution in [2.45, 2.75) is 0 Å². The van der Waals surface area contributed by atoms with Crippen LogP contribution < -0.4 is 5.32 Å². The van der Waals surface area contributed by atoms with Gasteiger partial charge in [0.15, 0.2) is 0 Å². The van der Waals surface area contributed by atoms with Crippen LogP contribution in [-0.2, 0) is 0 Å². The molecule has 0 saturated carbocycles. The summed E-state index contributed by atoms with van der Waals surface area (Å²) >= 11 is 6.08. The summed E-state index contributed by atoms with van der Waals surface area (Å²) in [5.41, 5.74) is 2.52. The first-order chi connectivity index (χ1) is 12.0. The van der Waals surface area contributed by atoms with E-state index >= 15 is 0 Å². The Morgan fingerprint density at radius 1 is 0.960 bits per heavy atom. The van der Waals surface area contributed by atoms with Crippen LogP contribution >= 0.6 is 11.6 Å². The lowest BCUT2D eigenvalue weighted by Crippen LogP contribution is -2.12. The fourth-order valence-electron chi connectivity index (χ4n) is 2.41. The predicted molar refractivity (Wildman–Crippen MR) is 97.9 cm³/mol. The van der Waals surface area contributed by atoms with E-state index < -0.39 is 4.92 Å². The van der Waals surface area contributed by atoms with Crippen LogP contribution in [0.3, 0.4) is 0 Å². The molecule has 3 rings (SSSR count). The lowest BCUT2D eigenvalue weighted by atomic mass is 10.0. The van der Waals surface area contributed by atoms with E-state index in [2.05, 4.69) is 5.32 Å². The molecule has 5 nitrogen and oxygen atoms in total. The van der Waals surface area contributed by atoms with Gasteiger partial charge in [0.05, 0.1) is 4.92 Å². The minimum Gasteiger partial charge on any atom is -0.321 e. The quantitative estimate of drug-likeness (QED) is 0.520. The molecule has 0 atom stereocenters. The zero-order chi connectivity index (χ0) is 17.8. The van der Waals surface area contributed by atoms with Crippen molar-refractivity contribution in [3.05, 3.63) is 93.5 Å². The number of halogens is 1. The maximum absolute atomic E-state index is 12.4. The van der Waals surface area contributed by atoms with Gasteiger partial charge in [-0.2, -0.15) is 0 Å². The van der Waals surface area contributed by atoms with E-state index in [0.29, 0.717) is 21.8 Å². The number of hydrogen-bond donors (Lipinski definition) is 1. The van der Waals surface area contributed by atoms with Crippen molar-refractivity contribution in [1.29, 1.82) is 0 Å². The maximum atomic E-state index is 12.4. The molecule has 0 fully saturated rings. The third kappa shape index (κ3) is 3.84. The molecule has 0 heterocycles. The van der Waals surface area contributed by atoms with Crippen molar-refractivity contribution < 1.29 is 9.72 Å². The number of rotatable bonds is 4. The molecule has 6 heteroatoms. The molecular formula is C19H13ClN2O3. The molecule has 0 unspecified atom stereocenters. The van der Waals surface area contributed by atoms with Gasteiger partial charge in [-0.05, 0) is 48.0 Å². The Morgan fingerprint density at radius 3 is 2.28 bits per heavy atom. The van der Waals surface area contributed by atoms with E-state index in [1.807, 2.05) is 6.07 Å². The Kier molecular flexibility index (Phi) is 4.77. The fraction of sp³-hybridized carbons (Fsp3) is 0. The first-order valence-electron chi connectivity index (χ1n) is 7.45. The van der Waals surface area contributed by atoms with E-state index in [0.717, 1.165) is 5.56 Å². The molecule has 1 N–H and O–H groups in total. The van der Waals surface area contributed by atoms with E-state index in [9.17, 15) is 14.9 Å². The van der Waals surface area contributed by atoms with Crippen molar-refractivity contribution >= 4 is 28.9 Å². The smallest absolute Gasteiger partial charge is 0.269 e. The van der Waals surface area contributed by atoms with Crippen LogP contribution in [0.5, 0.6) is 0 Å². The monoisotopic (exact) mass is 352 g/mol. The average Bonchev–Trinajstić information content (AvgIpc) is 2.64. The number of amides is 1. The van der Waals surface area contributed by atoms with Gasteiger partial charge in [0.25, 0.3) is 11.6 Å². The van der Waals surface area contributed by atoms with E-state index in [-0.39, 0.29) is 11.6 Å². The summed E-state index contributed by atoms with van der Waals surface area (Å²) in [5, 5.41) is 14.2. The summed E-state index contributed by atoms with van der Waals surface area (Å²) in [6.45, 7) is 0. The number of nitrogens with one attached hydrogen (secondary N) is 1. The van der Waals surface area contributed by atoms with Gasteiger partial charge in [-0.3, -0.25) is 14.9 Å². The lowest BCUT2D eigenvalue weighted by molar-refractivity contribution is -0.384. The van der Waals surface area contributed by atoms with Crippen molar-refractivity contribution in [3.8, 4) is 11.1 Å². The number of anilines is 1. The first-order valence-corrected chi connectivity index (χ1v) is 7.83. The number of benzene rings is 3. The second kappa shape index (κ2) is 7.15. The highest BCUT2D eigenvalue weighted by Crippen LogP contribution is 2.32. The van der Waals surface area contributed by atoms with E-state index in [4.69, 9.17) is 11.6 Å². The Bertz CT molecular complexity index is 925. The first kappa shape index (κ1) is 16.7. The van der Waals surface area contributed by atoms with Crippen LogP contribution in [0, 0.1) is 10.1 Å². The molecule has 0 saturated heterocycles. The maximum Gasteiger partial charge on any atom is 0.269 e. The Labute approximate surface area is 149 Å². The molecule has 3 aromatic rings. The van der Waals surface area contributed by atoms with Crippen LogP contribution in [0.1, 0.15) is 10.4 Å². The molecule has 0 aliphatic rings. The molecule has 25 heavy (non-hydrogen) atoms. The number of hydrogen-bond acceptors (Lipinski definition) is 3.